The molecule has 3 aromatic carbocycles. The molecule has 8 heteroatoms. The number of hydrogen-bond donors (Lipinski definition) is 3. The van der Waals surface area contributed by atoms with E-state index < -0.39 is 6.09 Å². The van der Waals surface area contributed by atoms with Gasteiger partial charge in [0, 0.05) is 5.56 Å². The molecule has 0 bridgehead atoms. The van der Waals surface area contributed by atoms with Gasteiger partial charge in [-0.15, -0.1) is 0 Å². The minimum absolute atomic E-state index is 0.0608. The van der Waals surface area contributed by atoms with Crippen LogP contribution >= 0.6 is 11.6 Å². The fourth-order valence-corrected chi connectivity index (χ4v) is 3.53. The third-order valence-electron chi connectivity index (χ3n) is 4.98. The summed E-state index contributed by atoms with van der Waals surface area (Å²) in [5, 5.41) is 16.8. The highest BCUT2D eigenvalue weighted by atomic mass is 35.5. The SMILES string of the molecule is Cc1oc(-c2ccc(-c3ccccc3)cc2)nc1COc1ccc(C(=[NH2+])NC(=O)O)c(Cl)c1. The number of amides is 1. The Morgan fingerprint density at radius 2 is 1.73 bits per heavy atom. The van der Waals surface area contributed by atoms with Gasteiger partial charge in [-0.05, 0) is 48.4 Å². The van der Waals surface area contributed by atoms with Crippen molar-refractivity contribution < 1.29 is 24.5 Å². The lowest BCUT2D eigenvalue weighted by Gasteiger charge is -2.07. The molecule has 166 valence electrons. The number of benzene rings is 3. The summed E-state index contributed by atoms with van der Waals surface area (Å²) in [5.74, 6) is 1.60. The topological polar surface area (TPSA) is 110 Å². The molecule has 0 atom stereocenters. The van der Waals surface area contributed by atoms with E-state index in [1.54, 1.807) is 18.2 Å². The number of nitrogens with zero attached hydrogens (tertiary/aromatic N) is 1. The molecular formula is C25H21ClN3O4+. The fourth-order valence-electron chi connectivity index (χ4n) is 3.26. The van der Waals surface area contributed by atoms with E-state index >= 15 is 0 Å². The number of oxazole rings is 1. The summed E-state index contributed by atoms with van der Waals surface area (Å²) >= 11 is 6.21. The lowest BCUT2D eigenvalue weighted by molar-refractivity contribution is -0.116. The van der Waals surface area contributed by atoms with Crippen LogP contribution in [0.2, 0.25) is 5.02 Å². The van der Waals surface area contributed by atoms with Crippen molar-refractivity contribution in [3.8, 4) is 28.3 Å². The largest absolute Gasteiger partial charge is 0.502 e. The van der Waals surface area contributed by atoms with Gasteiger partial charge in [-0.1, -0.05) is 54.1 Å². The molecule has 0 spiro atoms. The molecular weight excluding hydrogens is 442 g/mol. The number of carboxylic acid groups (broad SMARTS) is 1. The Bertz CT molecular complexity index is 1300. The molecule has 33 heavy (non-hydrogen) atoms. The van der Waals surface area contributed by atoms with Gasteiger partial charge in [-0.25, -0.2) is 4.98 Å². The van der Waals surface area contributed by atoms with Crippen molar-refractivity contribution in [2.75, 3.05) is 0 Å². The first-order valence-electron chi connectivity index (χ1n) is 10.1. The molecule has 0 aliphatic carbocycles. The van der Waals surface area contributed by atoms with Gasteiger partial charge in [0.15, 0.2) is 0 Å². The van der Waals surface area contributed by atoms with Crippen molar-refractivity contribution in [1.29, 1.82) is 0 Å². The van der Waals surface area contributed by atoms with Gasteiger partial charge >= 0.3 is 6.09 Å². The van der Waals surface area contributed by atoms with Crippen LogP contribution in [0.1, 0.15) is 17.0 Å². The first-order chi connectivity index (χ1) is 15.9. The third-order valence-corrected chi connectivity index (χ3v) is 5.29. The van der Waals surface area contributed by atoms with Gasteiger partial charge in [0.2, 0.25) is 5.89 Å². The Balaban J connectivity index is 1.44. The monoisotopic (exact) mass is 462 g/mol. The van der Waals surface area contributed by atoms with Gasteiger partial charge in [0.1, 0.15) is 23.8 Å². The van der Waals surface area contributed by atoms with Crippen molar-refractivity contribution in [3.63, 3.8) is 0 Å². The minimum atomic E-state index is -1.27. The maximum absolute atomic E-state index is 10.7. The summed E-state index contributed by atoms with van der Waals surface area (Å²) in [6.45, 7) is 2.01. The lowest BCUT2D eigenvalue weighted by Crippen LogP contribution is -2.51. The average molecular weight is 463 g/mol. The number of halogens is 1. The molecule has 1 amide bonds. The third kappa shape index (κ3) is 5.22. The molecule has 0 aliphatic rings. The van der Waals surface area contributed by atoms with Crippen LogP contribution in [0.4, 0.5) is 4.79 Å². The quantitative estimate of drug-likeness (QED) is 0.292. The molecule has 0 saturated carbocycles. The molecule has 1 aromatic heterocycles. The average Bonchev–Trinajstić information content (AvgIpc) is 3.18. The predicted octanol–water partition coefficient (Wildman–Crippen LogP) is 4.32. The second-order valence-electron chi connectivity index (χ2n) is 7.24. The van der Waals surface area contributed by atoms with Gasteiger partial charge in [0.05, 0.1) is 10.6 Å². The van der Waals surface area contributed by atoms with Crippen molar-refractivity contribution in [1.82, 2.24) is 10.3 Å². The van der Waals surface area contributed by atoms with E-state index in [4.69, 9.17) is 31.3 Å². The summed E-state index contributed by atoms with van der Waals surface area (Å²) in [6, 6.07) is 22.9. The Hall–Kier alpha value is -4.10. The van der Waals surface area contributed by atoms with Crippen LogP contribution in [0.25, 0.3) is 22.6 Å². The molecule has 7 nitrogen and oxygen atoms in total. The standard InChI is InChI=1S/C25H20ClN3O4/c1-15-22(14-32-19-11-12-20(21(26)13-19)23(27)29-25(30)31)28-24(33-15)18-9-7-17(8-10-18)16-5-3-2-4-6-16/h2-13H,14H2,1H3,(H2,27,29)(H,30,31)/p+1. The highest BCUT2D eigenvalue weighted by Gasteiger charge is 2.17. The summed E-state index contributed by atoms with van der Waals surface area (Å²) < 4.78 is 11.6. The maximum Gasteiger partial charge on any atom is 0.502 e. The summed E-state index contributed by atoms with van der Waals surface area (Å²) in [4.78, 5) is 15.3. The van der Waals surface area contributed by atoms with E-state index in [-0.39, 0.29) is 17.5 Å². The van der Waals surface area contributed by atoms with E-state index in [0.29, 0.717) is 28.7 Å². The highest BCUT2D eigenvalue weighted by Crippen LogP contribution is 2.27. The Kier molecular flexibility index (Phi) is 6.42. The number of carbonyl (C=O) groups is 1. The molecule has 4 N–H and O–H groups in total. The Labute approximate surface area is 195 Å². The Morgan fingerprint density at radius 1 is 1.06 bits per heavy atom. The van der Waals surface area contributed by atoms with E-state index in [1.807, 2.05) is 49.4 Å². The number of ether oxygens (including phenoxy) is 1. The van der Waals surface area contributed by atoms with Gasteiger partial charge < -0.3 is 14.3 Å². The number of hydrogen-bond acceptors (Lipinski definition) is 4. The van der Waals surface area contributed by atoms with Crippen molar-refractivity contribution in [2.24, 2.45) is 0 Å². The molecule has 0 fully saturated rings. The molecule has 4 aromatic rings. The van der Waals surface area contributed by atoms with Gasteiger partial charge in [-0.3, -0.25) is 5.41 Å². The predicted molar refractivity (Wildman–Crippen MR) is 125 cm³/mol. The summed E-state index contributed by atoms with van der Waals surface area (Å²) in [6.07, 6.45) is -1.27. The van der Waals surface area contributed by atoms with Crippen LogP contribution in [0.15, 0.2) is 77.2 Å². The zero-order valence-electron chi connectivity index (χ0n) is 17.7. The second kappa shape index (κ2) is 9.58. The molecule has 4 rings (SSSR count). The maximum atomic E-state index is 10.7. The van der Waals surface area contributed by atoms with Crippen LogP contribution in [0, 0.1) is 6.92 Å². The van der Waals surface area contributed by atoms with Gasteiger partial charge in [0.25, 0.3) is 5.84 Å². The van der Waals surface area contributed by atoms with Crippen LogP contribution in [-0.4, -0.2) is 22.0 Å². The van der Waals surface area contributed by atoms with E-state index in [2.05, 4.69) is 22.4 Å². The molecule has 0 aliphatic heterocycles. The van der Waals surface area contributed by atoms with Crippen LogP contribution in [0.3, 0.4) is 0 Å². The van der Waals surface area contributed by atoms with Crippen LogP contribution in [0.5, 0.6) is 5.75 Å². The summed E-state index contributed by atoms with van der Waals surface area (Å²) in [7, 11) is 0. The van der Waals surface area contributed by atoms with E-state index in [9.17, 15) is 4.79 Å². The van der Waals surface area contributed by atoms with Crippen LogP contribution < -0.4 is 15.5 Å². The van der Waals surface area contributed by atoms with Crippen molar-refractivity contribution in [2.45, 2.75) is 13.5 Å². The lowest BCUT2D eigenvalue weighted by atomic mass is 10.0. The fraction of sp³-hybridized carbons (Fsp3) is 0.0800. The number of aryl methyl sites for hydroxylation is 1. The van der Waals surface area contributed by atoms with E-state index in [0.717, 1.165) is 16.7 Å². The minimum Gasteiger partial charge on any atom is -0.487 e. The van der Waals surface area contributed by atoms with Crippen molar-refractivity contribution >= 4 is 23.5 Å². The van der Waals surface area contributed by atoms with Crippen molar-refractivity contribution in [3.05, 3.63) is 94.8 Å². The Morgan fingerprint density at radius 3 is 2.39 bits per heavy atom. The molecule has 1 heterocycles. The molecule has 0 radical (unpaired) electrons. The highest BCUT2D eigenvalue weighted by molar-refractivity contribution is 6.34. The summed E-state index contributed by atoms with van der Waals surface area (Å²) in [5.41, 5.74) is 4.15. The first-order valence-corrected chi connectivity index (χ1v) is 10.5. The normalized spacial score (nSPS) is 10.6. The molecule has 0 saturated heterocycles. The first kappa shape index (κ1) is 22.1. The second-order valence-corrected chi connectivity index (χ2v) is 7.65. The zero-order valence-corrected chi connectivity index (χ0v) is 18.5. The number of amidine groups is 1. The molecule has 0 unspecified atom stereocenters. The zero-order chi connectivity index (χ0) is 23.4. The van der Waals surface area contributed by atoms with Gasteiger partial charge in [-0.2, -0.15) is 10.1 Å². The number of rotatable bonds is 6. The van der Waals surface area contributed by atoms with Crippen LogP contribution in [-0.2, 0) is 6.61 Å². The smallest absolute Gasteiger partial charge is 0.487 e. The number of aromatic nitrogens is 1. The number of nitrogens with one attached hydrogen (secondary N) is 1. The van der Waals surface area contributed by atoms with E-state index in [1.165, 1.54) is 0 Å². The number of nitrogens with two attached hydrogens (primary N) is 1.